The molecule has 1 aliphatic carbocycles. The molecule has 0 radical (unpaired) electrons. The summed E-state index contributed by atoms with van der Waals surface area (Å²) in [6.07, 6.45) is 6.04. The fraction of sp³-hybridized carbons (Fsp3) is 0.667. The molecule has 0 aromatic carbocycles. The summed E-state index contributed by atoms with van der Waals surface area (Å²) in [5.41, 5.74) is 0. The van der Waals surface area contributed by atoms with Crippen molar-refractivity contribution in [2.45, 2.75) is 25.8 Å². The van der Waals surface area contributed by atoms with E-state index in [1.807, 2.05) is 0 Å². The first-order chi connectivity index (χ1) is 8.24. The van der Waals surface area contributed by atoms with Crippen LogP contribution in [0, 0.1) is 5.92 Å². The van der Waals surface area contributed by atoms with Crippen molar-refractivity contribution in [1.82, 2.24) is 9.97 Å². The van der Waals surface area contributed by atoms with Crippen LogP contribution < -0.4 is 4.90 Å². The van der Waals surface area contributed by atoms with Crippen LogP contribution in [0.25, 0.3) is 0 Å². The maximum Gasteiger partial charge on any atom is 0.146 e. The van der Waals surface area contributed by atoms with Gasteiger partial charge in [-0.1, -0.05) is 0 Å². The minimum atomic E-state index is 0.511. The molecular weight excluding hydrogens is 282 g/mol. The highest BCUT2D eigenvalue weighted by Crippen LogP contribution is 2.37. The smallest absolute Gasteiger partial charge is 0.146 e. The lowest BCUT2D eigenvalue weighted by atomic mass is 10.2. The number of anilines is 1. The summed E-state index contributed by atoms with van der Waals surface area (Å²) in [6, 6.07) is 0.511. The largest absolute Gasteiger partial charge is 0.383 e. The number of hydrogen-bond acceptors (Lipinski definition) is 4. The normalized spacial score (nSPS) is 16.9. The molecule has 1 fully saturated rings. The molecule has 1 unspecified atom stereocenters. The maximum absolute atomic E-state index is 5.18. The molecular formula is C12H18BrN3O. The highest BCUT2D eigenvalue weighted by Gasteiger charge is 2.33. The molecule has 1 aliphatic rings. The van der Waals surface area contributed by atoms with Crippen molar-refractivity contribution >= 4 is 21.7 Å². The minimum Gasteiger partial charge on any atom is -0.383 e. The number of methoxy groups -OCH3 is 1. The monoisotopic (exact) mass is 299 g/mol. The molecule has 1 aromatic rings. The standard InChI is InChI=1S/C12H18BrN3O/c1-9(10-3-4-10)16(5-6-17-2)12-11(13)7-14-8-15-12/h7-10H,3-6H2,1-2H3. The zero-order valence-corrected chi connectivity index (χ0v) is 11.9. The second-order valence-electron chi connectivity index (χ2n) is 4.46. The van der Waals surface area contributed by atoms with E-state index in [1.54, 1.807) is 19.6 Å². The number of rotatable bonds is 6. The first-order valence-electron chi connectivity index (χ1n) is 5.95. The van der Waals surface area contributed by atoms with Gasteiger partial charge < -0.3 is 9.64 Å². The van der Waals surface area contributed by atoms with Crippen molar-refractivity contribution in [2.75, 3.05) is 25.2 Å². The molecule has 17 heavy (non-hydrogen) atoms. The molecule has 2 rings (SSSR count). The molecule has 1 atom stereocenters. The Labute approximate surface area is 111 Å². The van der Waals surface area contributed by atoms with Gasteiger partial charge in [0, 0.05) is 25.9 Å². The van der Waals surface area contributed by atoms with E-state index in [-0.39, 0.29) is 0 Å². The van der Waals surface area contributed by atoms with E-state index in [9.17, 15) is 0 Å². The summed E-state index contributed by atoms with van der Waals surface area (Å²) in [4.78, 5) is 10.7. The van der Waals surface area contributed by atoms with Crippen LogP contribution in [-0.2, 0) is 4.74 Å². The van der Waals surface area contributed by atoms with Gasteiger partial charge in [-0.3, -0.25) is 0 Å². The van der Waals surface area contributed by atoms with Gasteiger partial charge in [-0.25, -0.2) is 9.97 Å². The van der Waals surface area contributed by atoms with E-state index >= 15 is 0 Å². The second kappa shape index (κ2) is 5.78. The number of halogens is 1. The summed E-state index contributed by atoms with van der Waals surface area (Å²) in [5.74, 6) is 1.77. The lowest BCUT2D eigenvalue weighted by molar-refractivity contribution is 0.202. The van der Waals surface area contributed by atoms with Crippen molar-refractivity contribution in [2.24, 2.45) is 5.92 Å². The van der Waals surface area contributed by atoms with Crippen molar-refractivity contribution < 1.29 is 4.74 Å². The molecule has 0 bridgehead atoms. The predicted molar refractivity (Wildman–Crippen MR) is 71.1 cm³/mol. The van der Waals surface area contributed by atoms with E-state index in [1.165, 1.54) is 12.8 Å². The van der Waals surface area contributed by atoms with Crippen LogP contribution in [0.1, 0.15) is 19.8 Å². The Morgan fingerprint density at radius 1 is 1.59 bits per heavy atom. The Hall–Kier alpha value is -0.680. The summed E-state index contributed by atoms with van der Waals surface area (Å²) >= 11 is 3.52. The molecule has 5 heteroatoms. The Morgan fingerprint density at radius 3 is 2.94 bits per heavy atom. The van der Waals surface area contributed by atoms with Crippen molar-refractivity contribution in [3.63, 3.8) is 0 Å². The van der Waals surface area contributed by atoms with Crippen LogP contribution in [0.2, 0.25) is 0 Å². The van der Waals surface area contributed by atoms with Crippen molar-refractivity contribution in [3.8, 4) is 0 Å². The van der Waals surface area contributed by atoms with Crippen LogP contribution >= 0.6 is 15.9 Å². The van der Waals surface area contributed by atoms with Gasteiger partial charge in [0.2, 0.25) is 0 Å². The van der Waals surface area contributed by atoms with Gasteiger partial charge >= 0.3 is 0 Å². The van der Waals surface area contributed by atoms with Crippen LogP contribution in [0.5, 0.6) is 0 Å². The molecule has 0 N–H and O–H groups in total. The molecule has 94 valence electrons. The fourth-order valence-corrected chi connectivity index (χ4v) is 2.49. The maximum atomic E-state index is 5.18. The van der Waals surface area contributed by atoms with E-state index < -0.39 is 0 Å². The van der Waals surface area contributed by atoms with Crippen molar-refractivity contribution in [1.29, 1.82) is 0 Å². The van der Waals surface area contributed by atoms with Crippen molar-refractivity contribution in [3.05, 3.63) is 17.0 Å². The lowest BCUT2D eigenvalue weighted by Gasteiger charge is -2.30. The molecule has 1 aromatic heterocycles. The van der Waals surface area contributed by atoms with E-state index in [0.717, 1.165) is 22.8 Å². The minimum absolute atomic E-state index is 0.511. The van der Waals surface area contributed by atoms with Crippen LogP contribution in [0.15, 0.2) is 17.0 Å². The quantitative estimate of drug-likeness (QED) is 0.809. The molecule has 1 heterocycles. The predicted octanol–water partition coefficient (Wildman–Crippen LogP) is 2.49. The van der Waals surface area contributed by atoms with Gasteiger partial charge in [0.25, 0.3) is 0 Å². The third-order valence-electron chi connectivity index (χ3n) is 3.25. The van der Waals surface area contributed by atoms with Gasteiger partial charge in [-0.15, -0.1) is 0 Å². The van der Waals surface area contributed by atoms with Crippen LogP contribution in [0.4, 0.5) is 5.82 Å². The Balaban J connectivity index is 2.16. The Morgan fingerprint density at radius 2 is 2.35 bits per heavy atom. The average molecular weight is 300 g/mol. The zero-order valence-electron chi connectivity index (χ0n) is 10.3. The van der Waals surface area contributed by atoms with E-state index in [0.29, 0.717) is 12.6 Å². The first-order valence-corrected chi connectivity index (χ1v) is 6.74. The Bertz CT molecular complexity index is 371. The van der Waals surface area contributed by atoms with Gasteiger partial charge in [0.15, 0.2) is 0 Å². The van der Waals surface area contributed by atoms with Gasteiger partial charge in [0.05, 0.1) is 11.1 Å². The molecule has 4 nitrogen and oxygen atoms in total. The second-order valence-corrected chi connectivity index (χ2v) is 5.31. The number of hydrogen-bond donors (Lipinski definition) is 0. The molecule has 0 spiro atoms. The SMILES string of the molecule is COCCN(c1ncncc1Br)C(C)C1CC1. The topological polar surface area (TPSA) is 38.2 Å². The third kappa shape index (κ3) is 3.16. The lowest BCUT2D eigenvalue weighted by Crippen LogP contribution is -2.38. The van der Waals surface area contributed by atoms with Crippen LogP contribution in [0.3, 0.4) is 0 Å². The summed E-state index contributed by atoms with van der Waals surface area (Å²) in [5, 5.41) is 0. The molecule has 0 saturated heterocycles. The molecule has 0 aliphatic heterocycles. The average Bonchev–Trinajstić information content (AvgIpc) is 3.15. The van der Waals surface area contributed by atoms with E-state index in [2.05, 4.69) is 37.7 Å². The number of ether oxygens (including phenoxy) is 1. The third-order valence-corrected chi connectivity index (χ3v) is 3.81. The first kappa shape index (κ1) is 12.8. The van der Waals surface area contributed by atoms with Gasteiger partial charge in [-0.2, -0.15) is 0 Å². The fourth-order valence-electron chi connectivity index (χ4n) is 2.04. The summed E-state index contributed by atoms with van der Waals surface area (Å²) < 4.78 is 6.13. The number of aromatic nitrogens is 2. The Kier molecular flexibility index (Phi) is 4.34. The summed E-state index contributed by atoms with van der Waals surface area (Å²) in [7, 11) is 1.73. The van der Waals surface area contributed by atoms with E-state index in [4.69, 9.17) is 4.74 Å². The number of nitrogens with zero attached hydrogens (tertiary/aromatic N) is 3. The highest BCUT2D eigenvalue weighted by molar-refractivity contribution is 9.10. The molecule has 1 saturated carbocycles. The van der Waals surface area contributed by atoms with Gasteiger partial charge in [-0.05, 0) is 41.6 Å². The zero-order chi connectivity index (χ0) is 12.3. The highest BCUT2D eigenvalue weighted by atomic mass is 79.9. The van der Waals surface area contributed by atoms with Crippen LogP contribution in [-0.4, -0.2) is 36.3 Å². The summed E-state index contributed by atoms with van der Waals surface area (Å²) in [6.45, 7) is 3.85. The van der Waals surface area contributed by atoms with Gasteiger partial charge in [0.1, 0.15) is 12.1 Å². The molecule has 0 amide bonds.